The topological polar surface area (TPSA) is 138 Å². The van der Waals surface area contributed by atoms with Crippen LogP contribution < -0.4 is 4.90 Å². The van der Waals surface area contributed by atoms with Gasteiger partial charge >= 0.3 is 5.97 Å². The number of fused-ring (bicyclic) bond motifs is 2. The molecule has 0 saturated carbocycles. The van der Waals surface area contributed by atoms with Gasteiger partial charge in [-0.05, 0) is 36.6 Å². The molecule has 1 atom stereocenters. The van der Waals surface area contributed by atoms with Crippen LogP contribution >= 0.6 is 0 Å². The smallest absolute Gasteiger partial charge is 0.330 e. The highest BCUT2D eigenvalue weighted by Gasteiger charge is 2.48. The van der Waals surface area contributed by atoms with Crippen molar-refractivity contribution < 1.29 is 37.0 Å². The summed E-state index contributed by atoms with van der Waals surface area (Å²) >= 11 is 0. The largest absolute Gasteiger partial charge is 0.333 e. The molecular weight excluding hydrogens is 488 g/mol. The minimum atomic E-state index is -4.79. The Morgan fingerprint density at radius 1 is 0.972 bits per heavy atom. The Bertz CT molecular complexity index is 1410. The number of imide groups is 1. The van der Waals surface area contributed by atoms with E-state index < -0.39 is 39.6 Å². The lowest BCUT2D eigenvalue weighted by molar-refractivity contribution is -0.197. The predicted octanol–water partition coefficient (Wildman–Crippen LogP) is 1.97. The number of para-hydroxylation sites is 1. The predicted molar refractivity (Wildman–Crippen MR) is 126 cm³/mol. The van der Waals surface area contributed by atoms with Gasteiger partial charge in [0.15, 0.2) is 5.25 Å². The first-order valence-corrected chi connectivity index (χ1v) is 12.7. The molecule has 0 spiro atoms. The second-order valence-corrected chi connectivity index (χ2v) is 9.91. The number of benzene rings is 2. The molecule has 11 heteroatoms. The molecule has 4 rings (SSSR count). The summed E-state index contributed by atoms with van der Waals surface area (Å²) in [5.74, 6) is 2.84. The average molecular weight is 511 g/mol. The van der Waals surface area contributed by atoms with Gasteiger partial charge < -0.3 is 9.74 Å². The van der Waals surface area contributed by atoms with Crippen LogP contribution in [0.3, 0.4) is 0 Å². The van der Waals surface area contributed by atoms with Crippen molar-refractivity contribution in [2.45, 2.75) is 43.9 Å². The number of carbonyl (C=O) groups excluding carboxylic acids is 4. The fourth-order valence-corrected chi connectivity index (χ4v) is 4.65. The molecule has 2 aliphatic rings. The maximum atomic E-state index is 13.2. The number of rotatable bonds is 7. The molecule has 2 aliphatic heterocycles. The number of carbonyl (C=O) groups is 4. The number of nitrogens with zero attached hydrogens (tertiary/aromatic N) is 2. The molecule has 0 bridgehead atoms. The van der Waals surface area contributed by atoms with Crippen molar-refractivity contribution in [3.63, 3.8) is 0 Å². The molecule has 3 amide bonds. The molecule has 1 N–H and O–H groups in total. The molecular formula is C25H22N2O8S. The summed E-state index contributed by atoms with van der Waals surface area (Å²) in [5.41, 5.74) is 3.19. The summed E-state index contributed by atoms with van der Waals surface area (Å²) in [6, 6.07) is 15.0. The van der Waals surface area contributed by atoms with Crippen LogP contribution in [0, 0.1) is 11.8 Å². The highest BCUT2D eigenvalue weighted by atomic mass is 32.2. The van der Waals surface area contributed by atoms with Gasteiger partial charge in [0.05, 0.1) is 18.7 Å². The van der Waals surface area contributed by atoms with E-state index in [1.54, 1.807) is 4.90 Å². The van der Waals surface area contributed by atoms with E-state index in [4.69, 9.17) is 9.39 Å². The van der Waals surface area contributed by atoms with Gasteiger partial charge in [0, 0.05) is 24.0 Å². The van der Waals surface area contributed by atoms with Gasteiger partial charge in [0.2, 0.25) is 5.91 Å². The Kier molecular flexibility index (Phi) is 7.19. The van der Waals surface area contributed by atoms with Crippen LogP contribution in [0.5, 0.6) is 0 Å². The standard InChI is InChI=1S/C25H22N2O8S/c28-22(11-5-6-12-24(30)35-27-23(29)15-21(25(27)31)36(32,33)34)26-16-19-9-2-1-7-17(19)13-14-18-8-3-4-10-20(18)26/h1-4,7-10,21H,5-6,11-12,15-16H2,(H,32,33,34)/t21-/m1/s1. The van der Waals surface area contributed by atoms with E-state index >= 15 is 0 Å². The Morgan fingerprint density at radius 2 is 1.61 bits per heavy atom. The number of hydroxylamine groups is 2. The van der Waals surface area contributed by atoms with Crippen LogP contribution in [-0.4, -0.2) is 47.0 Å². The summed E-state index contributed by atoms with van der Waals surface area (Å²) in [4.78, 5) is 55.4. The zero-order chi connectivity index (χ0) is 25.9. The first kappa shape index (κ1) is 25.1. The van der Waals surface area contributed by atoms with E-state index in [2.05, 4.69) is 11.8 Å². The molecule has 0 aromatic heterocycles. The second-order valence-electron chi connectivity index (χ2n) is 8.31. The molecule has 10 nitrogen and oxygen atoms in total. The van der Waals surface area contributed by atoms with Crippen LogP contribution in [-0.2, 0) is 40.7 Å². The van der Waals surface area contributed by atoms with E-state index in [0.717, 1.165) is 16.7 Å². The van der Waals surface area contributed by atoms with Crippen LogP contribution in [0.1, 0.15) is 48.8 Å². The molecule has 2 aromatic carbocycles. The zero-order valence-electron chi connectivity index (χ0n) is 19.0. The molecule has 1 fully saturated rings. The molecule has 1 saturated heterocycles. The molecule has 186 valence electrons. The summed E-state index contributed by atoms with van der Waals surface area (Å²) < 4.78 is 31.4. The molecule has 0 aliphatic carbocycles. The first-order chi connectivity index (χ1) is 17.1. The summed E-state index contributed by atoms with van der Waals surface area (Å²) in [6.45, 7) is 0.344. The van der Waals surface area contributed by atoms with Crippen molar-refractivity contribution in [3.8, 4) is 11.8 Å². The highest BCUT2D eigenvalue weighted by molar-refractivity contribution is 7.87. The Hall–Kier alpha value is -4.01. The Morgan fingerprint density at radius 3 is 2.33 bits per heavy atom. The summed E-state index contributed by atoms with van der Waals surface area (Å²) in [7, 11) is -4.79. The third kappa shape index (κ3) is 5.45. The van der Waals surface area contributed by atoms with E-state index in [-0.39, 0.29) is 30.2 Å². The Balaban J connectivity index is 1.34. The van der Waals surface area contributed by atoms with E-state index in [9.17, 15) is 27.6 Å². The lowest BCUT2D eigenvalue weighted by Crippen LogP contribution is -2.36. The van der Waals surface area contributed by atoms with Crippen LogP contribution in [0.2, 0.25) is 0 Å². The zero-order valence-corrected chi connectivity index (χ0v) is 19.9. The van der Waals surface area contributed by atoms with Crippen molar-refractivity contribution in [3.05, 3.63) is 65.2 Å². The third-order valence-corrected chi connectivity index (χ3v) is 6.90. The normalized spacial score (nSPS) is 16.9. The molecule has 0 unspecified atom stereocenters. The van der Waals surface area contributed by atoms with Gasteiger partial charge in [-0.2, -0.15) is 8.42 Å². The summed E-state index contributed by atoms with van der Waals surface area (Å²) in [6.07, 6.45) is -0.316. The van der Waals surface area contributed by atoms with Gasteiger partial charge in [0.1, 0.15) is 0 Å². The quantitative estimate of drug-likeness (QED) is 0.258. The number of anilines is 1. The monoisotopic (exact) mass is 510 g/mol. The van der Waals surface area contributed by atoms with Crippen molar-refractivity contribution in [1.29, 1.82) is 0 Å². The lowest BCUT2D eigenvalue weighted by atomic mass is 10.0. The van der Waals surface area contributed by atoms with Gasteiger partial charge in [-0.15, -0.1) is 5.06 Å². The van der Waals surface area contributed by atoms with Crippen molar-refractivity contribution in [2.24, 2.45) is 0 Å². The fourth-order valence-electron chi connectivity index (χ4n) is 3.95. The number of hydrogen-bond donors (Lipinski definition) is 1. The third-order valence-electron chi connectivity index (χ3n) is 5.81. The number of unbranched alkanes of at least 4 members (excludes halogenated alkanes) is 1. The summed E-state index contributed by atoms with van der Waals surface area (Å²) in [5, 5.41) is -1.91. The van der Waals surface area contributed by atoms with E-state index in [1.807, 2.05) is 48.5 Å². The molecule has 2 aromatic rings. The minimum absolute atomic E-state index is 0.0710. The maximum absolute atomic E-state index is 13.2. The second kappa shape index (κ2) is 10.3. The maximum Gasteiger partial charge on any atom is 0.333 e. The van der Waals surface area contributed by atoms with E-state index in [1.165, 1.54) is 0 Å². The van der Waals surface area contributed by atoms with Gasteiger partial charge in [-0.1, -0.05) is 42.2 Å². The van der Waals surface area contributed by atoms with Crippen molar-refractivity contribution in [1.82, 2.24) is 5.06 Å². The molecule has 0 radical (unpaired) electrons. The number of hydrogen-bond acceptors (Lipinski definition) is 7. The van der Waals surface area contributed by atoms with Crippen molar-refractivity contribution >= 4 is 39.5 Å². The van der Waals surface area contributed by atoms with Crippen molar-refractivity contribution in [2.75, 3.05) is 4.90 Å². The van der Waals surface area contributed by atoms with E-state index in [0.29, 0.717) is 18.7 Å². The first-order valence-electron chi connectivity index (χ1n) is 11.2. The Labute approximate surface area is 207 Å². The minimum Gasteiger partial charge on any atom is -0.330 e. The highest BCUT2D eigenvalue weighted by Crippen LogP contribution is 2.26. The van der Waals surface area contributed by atoms with Crippen LogP contribution in [0.4, 0.5) is 5.69 Å². The fraction of sp³-hybridized carbons (Fsp3) is 0.280. The van der Waals surface area contributed by atoms with Crippen LogP contribution in [0.25, 0.3) is 0 Å². The SMILES string of the molecule is O=C(CCCCC(=O)N1Cc2ccccc2C#Cc2ccccc21)ON1C(=O)C[C@@H](S(=O)(=O)O)C1=O. The number of amides is 3. The van der Waals surface area contributed by atoms with Crippen LogP contribution in [0.15, 0.2) is 48.5 Å². The average Bonchev–Trinajstić information content (AvgIpc) is 3.12. The van der Waals surface area contributed by atoms with Gasteiger partial charge in [-0.3, -0.25) is 18.9 Å². The van der Waals surface area contributed by atoms with Gasteiger partial charge in [0.25, 0.3) is 21.9 Å². The molecule has 2 heterocycles. The molecule has 36 heavy (non-hydrogen) atoms. The van der Waals surface area contributed by atoms with Gasteiger partial charge in [-0.25, -0.2) is 4.79 Å². The lowest BCUT2D eigenvalue weighted by Gasteiger charge is -2.26.